The number of amides is 3. The Morgan fingerprint density at radius 3 is 2.45 bits per heavy atom. The van der Waals surface area contributed by atoms with Crippen molar-refractivity contribution in [2.24, 2.45) is 0 Å². The zero-order valence-corrected chi connectivity index (χ0v) is 19.3. The quantitative estimate of drug-likeness (QED) is 0.417. The summed E-state index contributed by atoms with van der Waals surface area (Å²) in [6.07, 6.45) is 3.26. The molecule has 0 bridgehead atoms. The van der Waals surface area contributed by atoms with Gasteiger partial charge in [0.05, 0.1) is 23.4 Å². The standard InChI is InChI=1S/C24H29ClN4O4/c1-2-4-22(30)29-18-10-11-20(25)21(13-18)26-15-23(31)28-17-8-6-16(7-9-17)24(32)27-14-19-5-3-12-33-19/h6-11,13,19,26H,2-5,12,14-15H2,1H3,(H,27,32)(H,28,31)(H,29,30). The molecule has 1 aliphatic rings. The maximum atomic E-state index is 12.3. The van der Waals surface area contributed by atoms with Gasteiger partial charge in [-0.25, -0.2) is 0 Å². The normalized spacial score (nSPS) is 15.0. The van der Waals surface area contributed by atoms with Crippen molar-refractivity contribution in [3.05, 3.63) is 53.1 Å². The number of rotatable bonds is 10. The molecular formula is C24H29ClN4O4. The third-order valence-electron chi connectivity index (χ3n) is 5.11. The molecule has 0 aromatic heterocycles. The lowest BCUT2D eigenvalue weighted by Crippen LogP contribution is -2.31. The molecule has 33 heavy (non-hydrogen) atoms. The van der Waals surface area contributed by atoms with E-state index in [1.807, 2.05) is 6.92 Å². The minimum absolute atomic E-state index is 0.0181. The van der Waals surface area contributed by atoms with Gasteiger partial charge in [0, 0.05) is 36.5 Å². The summed E-state index contributed by atoms with van der Waals surface area (Å²) < 4.78 is 5.50. The fraction of sp³-hybridized carbons (Fsp3) is 0.375. The molecule has 1 heterocycles. The maximum Gasteiger partial charge on any atom is 0.251 e. The van der Waals surface area contributed by atoms with E-state index in [0.717, 1.165) is 25.9 Å². The van der Waals surface area contributed by atoms with Gasteiger partial charge in [-0.2, -0.15) is 0 Å². The molecule has 1 saturated heterocycles. The van der Waals surface area contributed by atoms with Crippen molar-refractivity contribution in [3.8, 4) is 0 Å². The number of benzene rings is 2. The van der Waals surface area contributed by atoms with E-state index in [0.29, 0.717) is 40.6 Å². The summed E-state index contributed by atoms with van der Waals surface area (Å²) in [4.78, 5) is 36.4. The molecule has 176 valence electrons. The summed E-state index contributed by atoms with van der Waals surface area (Å²) in [6.45, 7) is 3.16. The molecule has 0 spiro atoms. The largest absolute Gasteiger partial charge is 0.376 e. The van der Waals surface area contributed by atoms with Crippen LogP contribution in [0.25, 0.3) is 0 Å². The smallest absolute Gasteiger partial charge is 0.251 e. The van der Waals surface area contributed by atoms with Crippen LogP contribution in [-0.4, -0.2) is 43.5 Å². The number of hydrogen-bond donors (Lipinski definition) is 4. The lowest BCUT2D eigenvalue weighted by Gasteiger charge is -2.12. The molecular weight excluding hydrogens is 444 g/mol. The van der Waals surface area contributed by atoms with Crippen LogP contribution in [0.3, 0.4) is 0 Å². The van der Waals surface area contributed by atoms with Gasteiger partial charge < -0.3 is 26.0 Å². The van der Waals surface area contributed by atoms with Crippen LogP contribution in [0, 0.1) is 0 Å². The summed E-state index contributed by atoms with van der Waals surface area (Å²) in [5.41, 5.74) is 2.23. The third-order valence-corrected chi connectivity index (χ3v) is 5.44. The predicted octanol–water partition coefficient (Wildman–Crippen LogP) is 4.04. The van der Waals surface area contributed by atoms with Crippen molar-refractivity contribution in [2.75, 3.05) is 35.6 Å². The highest BCUT2D eigenvalue weighted by atomic mass is 35.5. The van der Waals surface area contributed by atoms with Gasteiger partial charge in [0.15, 0.2) is 0 Å². The van der Waals surface area contributed by atoms with E-state index in [4.69, 9.17) is 16.3 Å². The second kappa shape index (κ2) is 12.2. The van der Waals surface area contributed by atoms with Gasteiger partial charge in [-0.05, 0) is 61.7 Å². The summed E-state index contributed by atoms with van der Waals surface area (Å²) in [5.74, 6) is -0.528. The van der Waals surface area contributed by atoms with Crippen molar-refractivity contribution in [3.63, 3.8) is 0 Å². The SMILES string of the molecule is CCCC(=O)Nc1ccc(Cl)c(NCC(=O)Nc2ccc(C(=O)NCC3CCCO3)cc2)c1. The van der Waals surface area contributed by atoms with Crippen LogP contribution in [-0.2, 0) is 14.3 Å². The molecule has 2 aromatic carbocycles. The average Bonchev–Trinajstić information content (AvgIpc) is 3.32. The lowest BCUT2D eigenvalue weighted by atomic mass is 10.2. The molecule has 8 nitrogen and oxygen atoms in total. The van der Waals surface area contributed by atoms with E-state index in [2.05, 4.69) is 21.3 Å². The van der Waals surface area contributed by atoms with Gasteiger partial charge in [-0.1, -0.05) is 18.5 Å². The van der Waals surface area contributed by atoms with Crippen molar-refractivity contribution < 1.29 is 19.1 Å². The first-order valence-corrected chi connectivity index (χ1v) is 11.5. The Balaban J connectivity index is 1.47. The molecule has 2 aromatic rings. The van der Waals surface area contributed by atoms with Crippen molar-refractivity contribution in [2.45, 2.75) is 38.7 Å². The van der Waals surface area contributed by atoms with Gasteiger partial charge in [0.2, 0.25) is 11.8 Å². The third kappa shape index (κ3) is 7.76. The Bertz CT molecular complexity index is 975. The maximum absolute atomic E-state index is 12.3. The topological polar surface area (TPSA) is 109 Å². The Morgan fingerprint density at radius 1 is 1.03 bits per heavy atom. The van der Waals surface area contributed by atoms with Gasteiger partial charge in [0.25, 0.3) is 5.91 Å². The minimum Gasteiger partial charge on any atom is -0.376 e. The Hall–Kier alpha value is -3.10. The molecule has 1 fully saturated rings. The van der Waals surface area contributed by atoms with E-state index in [1.165, 1.54) is 0 Å². The molecule has 1 atom stereocenters. The summed E-state index contributed by atoms with van der Waals surface area (Å²) >= 11 is 6.20. The second-order valence-electron chi connectivity index (χ2n) is 7.82. The Morgan fingerprint density at radius 2 is 1.76 bits per heavy atom. The summed E-state index contributed by atoms with van der Waals surface area (Å²) in [7, 11) is 0. The fourth-order valence-electron chi connectivity index (χ4n) is 3.39. The summed E-state index contributed by atoms with van der Waals surface area (Å²) in [6, 6.07) is 11.7. The Kier molecular flexibility index (Phi) is 9.09. The van der Waals surface area contributed by atoms with Crippen LogP contribution < -0.4 is 21.3 Å². The molecule has 0 radical (unpaired) electrons. The van der Waals surface area contributed by atoms with E-state index in [1.54, 1.807) is 42.5 Å². The number of nitrogens with one attached hydrogen (secondary N) is 4. The highest BCUT2D eigenvalue weighted by molar-refractivity contribution is 6.33. The van der Waals surface area contributed by atoms with E-state index < -0.39 is 0 Å². The molecule has 3 amide bonds. The van der Waals surface area contributed by atoms with Gasteiger partial charge in [0.1, 0.15) is 0 Å². The Labute approximate surface area is 198 Å². The molecule has 0 saturated carbocycles. The lowest BCUT2D eigenvalue weighted by molar-refractivity contribution is -0.116. The van der Waals surface area contributed by atoms with Crippen LogP contribution >= 0.6 is 11.6 Å². The van der Waals surface area contributed by atoms with Crippen molar-refractivity contribution >= 4 is 46.4 Å². The molecule has 9 heteroatoms. The fourth-order valence-corrected chi connectivity index (χ4v) is 3.57. The summed E-state index contributed by atoms with van der Waals surface area (Å²) in [5, 5.41) is 11.9. The first kappa shape index (κ1) is 24.5. The molecule has 4 N–H and O–H groups in total. The highest BCUT2D eigenvalue weighted by Crippen LogP contribution is 2.25. The van der Waals surface area contributed by atoms with Crippen LogP contribution in [0.2, 0.25) is 5.02 Å². The highest BCUT2D eigenvalue weighted by Gasteiger charge is 2.16. The van der Waals surface area contributed by atoms with Crippen LogP contribution in [0.4, 0.5) is 17.1 Å². The first-order chi connectivity index (χ1) is 15.9. The van der Waals surface area contributed by atoms with Gasteiger partial charge in [-0.15, -0.1) is 0 Å². The predicted molar refractivity (Wildman–Crippen MR) is 130 cm³/mol. The number of ether oxygens (including phenoxy) is 1. The van der Waals surface area contributed by atoms with Crippen LogP contribution in [0.5, 0.6) is 0 Å². The van der Waals surface area contributed by atoms with Crippen molar-refractivity contribution in [1.29, 1.82) is 0 Å². The zero-order chi connectivity index (χ0) is 23.6. The first-order valence-electron chi connectivity index (χ1n) is 11.1. The van der Waals surface area contributed by atoms with Crippen LogP contribution in [0.1, 0.15) is 43.0 Å². The molecule has 1 unspecified atom stereocenters. The monoisotopic (exact) mass is 472 g/mol. The zero-order valence-electron chi connectivity index (χ0n) is 18.6. The van der Waals surface area contributed by atoms with Crippen LogP contribution in [0.15, 0.2) is 42.5 Å². The number of anilines is 3. The van der Waals surface area contributed by atoms with Gasteiger partial charge in [-0.3, -0.25) is 14.4 Å². The average molecular weight is 473 g/mol. The van der Waals surface area contributed by atoms with E-state index in [-0.39, 0.29) is 30.4 Å². The molecule has 3 rings (SSSR count). The second-order valence-corrected chi connectivity index (χ2v) is 8.22. The minimum atomic E-state index is -0.276. The van der Waals surface area contributed by atoms with E-state index >= 15 is 0 Å². The van der Waals surface area contributed by atoms with Crippen molar-refractivity contribution in [1.82, 2.24) is 5.32 Å². The number of halogens is 1. The number of carbonyl (C=O) groups excluding carboxylic acids is 3. The van der Waals surface area contributed by atoms with E-state index in [9.17, 15) is 14.4 Å². The number of hydrogen-bond acceptors (Lipinski definition) is 5. The van der Waals surface area contributed by atoms with Gasteiger partial charge >= 0.3 is 0 Å². The molecule has 0 aliphatic carbocycles. The number of carbonyl (C=O) groups is 3. The molecule has 1 aliphatic heterocycles.